The molecule has 4 rings (SSSR count). The summed E-state index contributed by atoms with van der Waals surface area (Å²) < 4.78 is 49.9. The average Bonchev–Trinajstić information content (AvgIpc) is 2.67. The molecule has 27 heavy (non-hydrogen) atoms. The summed E-state index contributed by atoms with van der Waals surface area (Å²) in [4.78, 5) is 0. The van der Waals surface area contributed by atoms with Gasteiger partial charge in [-0.25, -0.2) is 13.2 Å². The summed E-state index contributed by atoms with van der Waals surface area (Å²) in [6.45, 7) is 2.51. The maximum Gasteiger partial charge on any atom is 0.173 e. The highest BCUT2D eigenvalue weighted by atomic mass is 19.2. The standard InChI is InChI=1S/C23H25F3O/c1-2-3-7-12-27-18-11-10-15-17-13-16(14-8-5-4-6-9-14)21(24)23(26)20(17)19(15)22(18)25/h10-11,13-14H,2-9,12H2,1H3. The Kier molecular flexibility index (Phi) is 5.16. The lowest BCUT2D eigenvalue weighted by atomic mass is 9.75. The minimum atomic E-state index is -0.914. The minimum Gasteiger partial charge on any atom is -0.490 e. The van der Waals surface area contributed by atoms with Crippen LogP contribution in [0.3, 0.4) is 0 Å². The first-order valence-corrected chi connectivity index (χ1v) is 10.1. The highest BCUT2D eigenvalue weighted by Gasteiger charge is 2.35. The molecule has 2 aromatic carbocycles. The molecule has 0 aliphatic heterocycles. The van der Waals surface area contributed by atoms with E-state index < -0.39 is 17.5 Å². The molecule has 1 saturated carbocycles. The number of ether oxygens (including phenoxy) is 1. The van der Waals surface area contributed by atoms with Gasteiger partial charge >= 0.3 is 0 Å². The van der Waals surface area contributed by atoms with E-state index >= 15 is 0 Å². The highest BCUT2D eigenvalue weighted by molar-refractivity contribution is 6.03. The highest BCUT2D eigenvalue weighted by Crippen LogP contribution is 2.53. The fourth-order valence-electron chi connectivity index (χ4n) is 4.42. The molecule has 2 aliphatic rings. The molecule has 0 heterocycles. The van der Waals surface area contributed by atoms with E-state index in [1.165, 1.54) is 0 Å². The van der Waals surface area contributed by atoms with Crippen LogP contribution in [0, 0.1) is 17.5 Å². The van der Waals surface area contributed by atoms with Crippen molar-refractivity contribution >= 4 is 0 Å². The maximum atomic E-state index is 14.9. The van der Waals surface area contributed by atoms with E-state index in [9.17, 15) is 13.2 Å². The summed E-state index contributed by atoms with van der Waals surface area (Å²) in [6.07, 6.45) is 7.94. The van der Waals surface area contributed by atoms with Crippen LogP contribution in [0.5, 0.6) is 5.75 Å². The fraction of sp³-hybridized carbons (Fsp3) is 0.478. The molecule has 0 atom stereocenters. The van der Waals surface area contributed by atoms with E-state index in [0.717, 1.165) is 51.4 Å². The van der Waals surface area contributed by atoms with Crippen LogP contribution in [0.1, 0.15) is 69.8 Å². The van der Waals surface area contributed by atoms with Crippen LogP contribution in [-0.2, 0) is 0 Å². The lowest BCUT2D eigenvalue weighted by Gasteiger charge is -2.30. The van der Waals surface area contributed by atoms with Crippen molar-refractivity contribution in [1.29, 1.82) is 0 Å². The van der Waals surface area contributed by atoms with E-state index in [-0.39, 0.29) is 22.8 Å². The molecule has 0 bridgehead atoms. The van der Waals surface area contributed by atoms with Crippen LogP contribution in [0.2, 0.25) is 0 Å². The van der Waals surface area contributed by atoms with Crippen LogP contribution >= 0.6 is 0 Å². The molecule has 0 saturated heterocycles. The molecule has 2 aromatic rings. The fourth-order valence-corrected chi connectivity index (χ4v) is 4.42. The van der Waals surface area contributed by atoms with E-state index in [0.29, 0.717) is 23.3 Å². The van der Waals surface area contributed by atoms with Gasteiger partial charge in [0, 0.05) is 11.1 Å². The van der Waals surface area contributed by atoms with Crippen molar-refractivity contribution in [3.05, 3.63) is 41.2 Å². The number of hydrogen-bond donors (Lipinski definition) is 0. The molecule has 144 valence electrons. The summed E-state index contributed by atoms with van der Waals surface area (Å²) in [6, 6.07) is 5.11. The van der Waals surface area contributed by atoms with E-state index in [4.69, 9.17) is 4.74 Å². The zero-order valence-electron chi connectivity index (χ0n) is 15.7. The smallest absolute Gasteiger partial charge is 0.173 e. The van der Waals surface area contributed by atoms with Crippen LogP contribution in [0.15, 0.2) is 18.2 Å². The van der Waals surface area contributed by atoms with Gasteiger partial charge in [0.2, 0.25) is 0 Å². The zero-order chi connectivity index (χ0) is 19.0. The van der Waals surface area contributed by atoms with Gasteiger partial charge < -0.3 is 4.74 Å². The van der Waals surface area contributed by atoms with Crippen LogP contribution in [0.25, 0.3) is 22.3 Å². The predicted molar refractivity (Wildman–Crippen MR) is 102 cm³/mol. The SMILES string of the molecule is CCCCCOc1ccc2c(c1F)-c1c-2cc(C2CCCCC2)c(F)c1F. The Labute approximate surface area is 158 Å². The lowest BCUT2D eigenvalue weighted by molar-refractivity contribution is 0.292. The van der Waals surface area contributed by atoms with E-state index in [2.05, 4.69) is 6.92 Å². The summed E-state index contributed by atoms with van der Waals surface area (Å²) >= 11 is 0. The third-order valence-corrected chi connectivity index (χ3v) is 5.93. The Bertz CT molecular complexity index is 853. The summed E-state index contributed by atoms with van der Waals surface area (Å²) in [5.41, 5.74) is 1.96. The maximum absolute atomic E-state index is 14.9. The van der Waals surface area contributed by atoms with Crippen molar-refractivity contribution < 1.29 is 17.9 Å². The number of fused-ring (bicyclic) bond motifs is 4. The molecule has 1 fully saturated rings. The Hall–Kier alpha value is -1.97. The van der Waals surface area contributed by atoms with Gasteiger partial charge in [0.05, 0.1) is 6.61 Å². The van der Waals surface area contributed by atoms with Gasteiger partial charge in [0.15, 0.2) is 23.2 Å². The molecular weight excluding hydrogens is 349 g/mol. The molecule has 2 aliphatic carbocycles. The third kappa shape index (κ3) is 3.13. The van der Waals surface area contributed by atoms with Crippen molar-refractivity contribution in [1.82, 2.24) is 0 Å². The van der Waals surface area contributed by atoms with Crippen LogP contribution < -0.4 is 4.74 Å². The van der Waals surface area contributed by atoms with Crippen LogP contribution in [0.4, 0.5) is 13.2 Å². The van der Waals surface area contributed by atoms with Gasteiger partial charge in [-0.3, -0.25) is 0 Å². The third-order valence-electron chi connectivity index (χ3n) is 5.93. The Balaban J connectivity index is 1.65. The molecule has 0 spiro atoms. The first kappa shape index (κ1) is 18.4. The second-order valence-corrected chi connectivity index (χ2v) is 7.71. The predicted octanol–water partition coefficient (Wildman–Crippen LogP) is 7.37. The second-order valence-electron chi connectivity index (χ2n) is 7.71. The molecule has 0 radical (unpaired) electrons. The quantitative estimate of drug-likeness (QED) is 0.409. The molecule has 4 heteroatoms. The Morgan fingerprint density at radius 3 is 2.37 bits per heavy atom. The number of hydrogen-bond acceptors (Lipinski definition) is 1. The van der Waals surface area contributed by atoms with Crippen molar-refractivity contribution in [3.63, 3.8) is 0 Å². The summed E-state index contributed by atoms with van der Waals surface area (Å²) in [5, 5.41) is 0. The van der Waals surface area contributed by atoms with Crippen molar-refractivity contribution in [2.45, 2.75) is 64.2 Å². The lowest BCUT2D eigenvalue weighted by Crippen LogP contribution is -2.13. The van der Waals surface area contributed by atoms with Crippen molar-refractivity contribution in [3.8, 4) is 28.0 Å². The molecule has 0 aromatic heterocycles. The largest absolute Gasteiger partial charge is 0.490 e. The minimum absolute atomic E-state index is 0.0635. The summed E-state index contributed by atoms with van der Waals surface area (Å²) in [5.74, 6) is -2.12. The van der Waals surface area contributed by atoms with Gasteiger partial charge in [0.25, 0.3) is 0 Å². The van der Waals surface area contributed by atoms with Gasteiger partial charge in [-0.1, -0.05) is 39.0 Å². The molecular formula is C23H25F3O. The molecule has 0 amide bonds. The number of benzene rings is 2. The van der Waals surface area contributed by atoms with Gasteiger partial charge in [-0.2, -0.15) is 0 Å². The molecule has 0 unspecified atom stereocenters. The molecule has 1 nitrogen and oxygen atoms in total. The second kappa shape index (κ2) is 7.57. The van der Waals surface area contributed by atoms with Crippen molar-refractivity contribution in [2.75, 3.05) is 6.61 Å². The van der Waals surface area contributed by atoms with Crippen LogP contribution in [-0.4, -0.2) is 6.61 Å². The monoisotopic (exact) mass is 374 g/mol. The van der Waals surface area contributed by atoms with Gasteiger partial charge in [-0.15, -0.1) is 0 Å². The van der Waals surface area contributed by atoms with E-state index in [1.54, 1.807) is 18.2 Å². The van der Waals surface area contributed by atoms with Crippen molar-refractivity contribution in [2.24, 2.45) is 0 Å². The van der Waals surface area contributed by atoms with E-state index in [1.807, 2.05) is 0 Å². The summed E-state index contributed by atoms with van der Waals surface area (Å²) in [7, 11) is 0. The Morgan fingerprint density at radius 2 is 1.63 bits per heavy atom. The normalized spacial score (nSPS) is 15.9. The van der Waals surface area contributed by atoms with Gasteiger partial charge in [0.1, 0.15) is 0 Å². The van der Waals surface area contributed by atoms with Gasteiger partial charge in [-0.05, 0) is 60.1 Å². The first-order valence-electron chi connectivity index (χ1n) is 10.1. The topological polar surface area (TPSA) is 9.23 Å². The first-order chi connectivity index (χ1) is 13.1. The number of halogens is 3. The zero-order valence-corrected chi connectivity index (χ0v) is 15.7. The number of unbranched alkanes of at least 4 members (excludes halogenated alkanes) is 2. The molecule has 0 N–H and O–H groups in total. The number of rotatable bonds is 6. The average molecular weight is 374 g/mol. The Morgan fingerprint density at radius 1 is 0.889 bits per heavy atom.